The van der Waals surface area contributed by atoms with Crippen molar-refractivity contribution in [1.29, 1.82) is 0 Å². The van der Waals surface area contributed by atoms with Gasteiger partial charge in [0.25, 0.3) is 0 Å². The first-order valence-electron chi connectivity index (χ1n) is 21.7. The number of hydrogen-bond donors (Lipinski definition) is 7. The summed E-state index contributed by atoms with van der Waals surface area (Å²) < 4.78 is 98.4. The van der Waals surface area contributed by atoms with Gasteiger partial charge in [0.05, 0.1) is 68.2 Å². The van der Waals surface area contributed by atoms with Gasteiger partial charge in [0, 0.05) is 32.2 Å². The minimum absolute atomic E-state index is 0. The number of ketones is 1. The largest absolute Gasteiger partial charge is 1.00 e. The Bertz CT molecular complexity index is 1800. The predicted molar refractivity (Wildman–Crippen MR) is 213 cm³/mol. The van der Waals surface area contributed by atoms with E-state index < -0.39 is 154 Å². The molecule has 370 valence electrons. The van der Waals surface area contributed by atoms with Gasteiger partial charge in [-0.3, -0.25) is 14.4 Å². The van der Waals surface area contributed by atoms with Crippen molar-refractivity contribution in [3.8, 4) is 0 Å². The van der Waals surface area contributed by atoms with Crippen molar-refractivity contribution in [1.82, 2.24) is 10.6 Å². The van der Waals surface area contributed by atoms with E-state index in [4.69, 9.17) is 23.7 Å². The molecule has 2 amide bonds. The van der Waals surface area contributed by atoms with E-state index in [9.17, 15) is 75.8 Å². The van der Waals surface area contributed by atoms with E-state index in [-0.39, 0.29) is 139 Å². The molecular weight excluding hydrogens is 966 g/mol. The van der Waals surface area contributed by atoms with Gasteiger partial charge in [-0.25, -0.2) is 16.8 Å². The number of aliphatic hydroxyl groups is 5. The number of carbonyl (C=O) groups is 4. The normalized spacial score (nSPS) is 33.6. The summed E-state index contributed by atoms with van der Waals surface area (Å²) in [5.74, 6) is -6.58. The van der Waals surface area contributed by atoms with E-state index in [0.717, 1.165) is 39.0 Å². The number of Topliss-reactive ketones (excluding diaryl/α,β-unsaturated/α-hetero) is 1. The number of carbonyl (C=O) groups excluding carboxylic acids is 4. The molecule has 0 aromatic heterocycles. The molecule has 8 unspecified atom stereocenters. The average Bonchev–Trinajstić information content (AvgIpc) is 3.21. The molecule has 4 fully saturated rings. The molecule has 2 saturated heterocycles. The van der Waals surface area contributed by atoms with Gasteiger partial charge in [-0.15, -0.1) is 0 Å². The second-order valence-corrected chi connectivity index (χ2v) is 20.4. The Hall–Kier alpha value is 0.500. The van der Waals surface area contributed by atoms with E-state index in [2.05, 4.69) is 10.6 Å². The minimum Gasteiger partial charge on any atom is -0.748 e. The Morgan fingerprint density at radius 2 is 1.49 bits per heavy atom. The molecule has 0 aromatic rings. The third-order valence-corrected chi connectivity index (χ3v) is 14.7. The monoisotopic (exact) mass is 1030 g/mol. The van der Waals surface area contributed by atoms with Gasteiger partial charge in [-0.1, -0.05) is 45.4 Å². The van der Waals surface area contributed by atoms with Crippen molar-refractivity contribution >= 4 is 43.8 Å². The van der Waals surface area contributed by atoms with Crippen LogP contribution in [0.15, 0.2) is 0 Å². The number of hydrogen-bond acceptors (Lipinski definition) is 21. The summed E-state index contributed by atoms with van der Waals surface area (Å²) in [4.78, 5) is 51.4. The van der Waals surface area contributed by atoms with E-state index in [1.807, 2.05) is 0 Å². The molecule has 28 heteroatoms. The fourth-order valence-corrected chi connectivity index (χ4v) is 11.2. The molecule has 2 saturated carbocycles. The van der Waals surface area contributed by atoms with E-state index >= 15 is 0 Å². The molecule has 0 aromatic carbocycles. The SMILES string of the molecule is CCC1CC(C(=O)CCCNC(=O)CC(CS(=O)(=O)[O-])S(=O)(=O)[O-])C[C@@H](O[C@@H]2OC(CO)[C@H](O)C(O[C@@H](CC3CCCCC3)C(=O)[O-])C2NC(C)=O)[C@@H]1O[C@@H]1OC(C)[C@@H](O)C(O)[C@@H]1O.[Na+].[Na+].[Na+]. The van der Waals surface area contributed by atoms with E-state index in [1.54, 1.807) is 6.92 Å². The van der Waals surface area contributed by atoms with Crippen LogP contribution in [0.3, 0.4) is 0 Å². The second-order valence-electron chi connectivity index (χ2n) is 17.3. The number of aliphatic carboxylic acids is 1. The molecule has 7 N–H and O–H groups in total. The summed E-state index contributed by atoms with van der Waals surface area (Å²) in [6.45, 7) is 3.35. The maximum atomic E-state index is 13.8. The zero-order valence-electron chi connectivity index (χ0n) is 39.0. The van der Waals surface area contributed by atoms with Crippen LogP contribution in [0, 0.1) is 17.8 Å². The summed E-state index contributed by atoms with van der Waals surface area (Å²) >= 11 is 0. The number of carboxylic acid groups (broad SMARTS) is 1. The van der Waals surface area contributed by atoms with Crippen LogP contribution in [-0.2, 0) is 63.1 Å². The van der Waals surface area contributed by atoms with Crippen LogP contribution >= 0.6 is 0 Å². The number of carboxylic acids is 1. The average molecular weight is 1030 g/mol. The maximum absolute atomic E-state index is 13.8. The van der Waals surface area contributed by atoms with Gasteiger partial charge in [-0.05, 0) is 44.4 Å². The van der Waals surface area contributed by atoms with Crippen molar-refractivity contribution < 1.29 is 188 Å². The Morgan fingerprint density at radius 1 is 0.851 bits per heavy atom. The predicted octanol–water partition coefficient (Wildman–Crippen LogP) is -12.6. The van der Waals surface area contributed by atoms with E-state index in [0.29, 0.717) is 6.42 Å². The van der Waals surface area contributed by atoms with Crippen LogP contribution < -0.4 is 104 Å². The smallest absolute Gasteiger partial charge is 0.748 e. The summed E-state index contributed by atoms with van der Waals surface area (Å²) in [6, 6.07) is -1.43. The van der Waals surface area contributed by atoms with Crippen LogP contribution in [0.4, 0.5) is 0 Å². The van der Waals surface area contributed by atoms with E-state index in [1.165, 1.54) is 6.92 Å². The Labute approximate surface area is 457 Å². The van der Waals surface area contributed by atoms with Crippen molar-refractivity contribution in [3.63, 3.8) is 0 Å². The van der Waals surface area contributed by atoms with Gasteiger partial charge >= 0.3 is 88.7 Å². The first-order chi connectivity index (χ1) is 29.9. The zero-order valence-corrected chi connectivity index (χ0v) is 46.6. The molecule has 0 radical (unpaired) electrons. The van der Waals surface area contributed by atoms with Gasteiger partial charge < -0.3 is 78.9 Å². The Kier molecular flexibility index (Phi) is 29.3. The van der Waals surface area contributed by atoms with Crippen molar-refractivity contribution in [2.45, 2.75) is 183 Å². The molecule has 4 aliphatic rings. The maximum Gasteiger partial charge on any atom is 1.00 e. The van der Waals surface area contributed by atoms with Crippen LogP contribution in [0.2, 0.25) is 0 Å². The summed E-state index contributed by atoms with van der Waals surface area (Å²) in [7, 11) is -10.5. The standard InChI is InChI=1S/C39H66N2O21S2.3Na/c1-4-22-14-23(25(44)11-8-12-40-29(45)16-24(64(55,56)57)18-63(52,53)54)15-26(35(22)62-39-34(49)33(48)31(46)19(2)58-39)60-38-30(41-20(3)43)36(32(47)28(17-42)61-38)59-27(37(50)51)13-21-9-6-5-7-10-21;;;/h19,21-24,26-28,30-36,38-39,42,46-49H,4-18H2,1-3H3,(H,40,45)(H,41,43)(H,50,51)(H,52,53,54)(H,55,56,57);;;/q;3*+1/p-3/t19?,22?,23?,24?,26-,27+,28?,30?,31-,32+,33?,34+,35-,36?,38-,39+;;;/m1.../s1. The van der Waals surface area contributed by atoms with Crippen LogP contribution in [-0.4, -0.2) is 179 Å². The zero-order chi connectivity index (χ0) is 47.7. The minimum atomic E-state index is -5.33. The van der Waals surface area contributed by atoms with Gasteiger partial charge in [-0.2, -0.15) is 0 Å². The Balaban J connectivity index is 0.00000748. The first-order valence-corrected chi connectivity index (χ1v) is 24.7. The Morgan fingerprint density at radius 3 is 2.04 bits per heavy atom. The number of rotatable bonds is 22. The van der Waals surface area contributed by atoms with Crippen molar-refractivity contribution in [3.05, 3.63) is 0 Å². The molecule has 2 heterocycles. The number of aliphatic hydroxyl groups excluding tert-OH is 5. The summed E-state index contributed by atoms with van der Waals surface area (Å²) in [6.07, 6.45) is -14.1. The number of nitrogens with one attached hydrogen (secondary N) is 2. The molecule has 67 heavy (non-hydrogen) atoms. The van der Waals surface area contributed by atoms with Crippen LogP contribution in [0.5, 0.6) is 0 Å². The molecule has 0 spiro atoms. The molecule has 2 aliphatic carbocycles. The van der Waals surface area contributed by atoms with Crippen molar-refractivity contribution in [2.24, 2.45) is 17.8 Å². The summed E-state index contributed by atoms with van der Waals surface area (Å²) in [5.41, 5.74) is 0. The van der Waals surface area contributed by atoms with Crippen molar-refractivity contribution in [2.75, 3.05) is 18.9 Å². The molecular formula is C39H63N2Na3O21S2. The first kappa shape index (κ1) is 65.5. The third-order valence-electron chi connectivity index (χ3n) is 12.5. The molecule has 23 nitrogen and oxygen atoms in total. The van der Waals surface area contributed by atoms with Crippen LogP contribution in [0.1, 0.15) is 97.8 Å². The molecule has 2 aliphatic heterocycles. The van der Waals surface area contributed by atoms with Gasteiger partial charge in [0.2, 0.25) is 11.8 Å². The molecule has 0 bridgehead atoms. The number of amides is 2. The van der Waals surface area contributed by atoms with Crippen LogP contribution in [0.25, 0.3) is 0 Å². The number of ether oxygens (including phenoxy) is 5. The molecule has 4 rings (SSSR count). The summed E-state index contributed by atoms with van der Waals surface area (Å²) in [5, 5.41) is 68.6. The molecule has 16 atom stereocenters. The van der Waals surface area contributed by atoms with Gasteiger partial charge in [0.1, 0.15) is 48.4 Å². The topological polar surface area (TPSA) is 377 Å². The third kappa shape index (κ3) is 19.7. The fourth-order valence-electron chi connectivity index (χ4n) is 9.06. The van der Waals surface area contributed by atoms with Gasteiger partial charge in [0.15, 0.2) is 12.6 Å². The quantitative estimate of drug-likeness (QED) is 0.0301. The second kappa shape index (κ2) is 30.0. The fraction of sp³-hybridized carbons (Fsp3) is 0.897.